The Bertz CT molecular complexity index is 551. The fraction of sp³-hybridized carbons (Fsp3) is 0.167. The summed E-state index contributed by atoms with van der Waals surface area (Å²) in [5.74, 6) is -1.75. The van der Waals surface area contributed by atoms with Crippen LogP contribution in [0.25, 0.3) is 11.1 Å². The van der Waals surface area contributed by atoms with Crippen molar-refractivity contribution in [2.24, 2.45) is 0 Å². The lowest BCUT2D eigenvalue weighted by atomic mass is 10.1. The van der Waals surface area contributed by atoms with Gasteiger partial charge in [0.15, 0.2) is 11.6 Å². The maximum Gasteiger partial charge on any atom is 0.166 e. The molecule has 0 saturated carbocycles. The van der Waals surface area contributed by atoms with Crippen molar-refractivity contribution in [2.45, 2.75) is 13.0 Å². The summed E-state index contributed by atoms with van der Waals surface area (Å²) in [5.41, 5.74) is 0.753. The molecule has 1 heterocycles. The molecule has 1 aromatic carbocycles. The molecule has 0 aliphatic rings. The van der Waals surface area contributed by atoms with Gasteiger partial charge >= 0.3 is 0 Å². The van der Waals surface area contributed by atoms with Gasteiger partial charge in [0, 0.05) is 16.0 Å². The predicted molar refractivity (Wildman–Crippen MR) is 68.0 cm³/mol. The maximum atomic E-state index is 13.6. The fourth-order valence-electron chi connectivity index (χ4n) is 1.49. The van der Waals surface area contributed by atoms with E-state index >= 15 is 0 Å². The average molecular weight is 319 g/mol. The normalized spacial score (nSPS) is 12.8. The number of hydrogen-bond donors (Lipinski definition) is 1. The molecule has 0 aliphatic heterocycles. The summed E-state index contributed by atoms with van der Waals surface area (Å²) in [6, 6.07) is 5.71. The zero-order valence-electron chi connectivity index (χ0n) is 8.88. The van der Waals surface area contributed by atoms with Crippen LogP contribution in [-0.4, -0.2) is 5.11 Å². The number of rotatable bonds is 2. The van der Waals surface area contributed by atoms with Crippen molar-refractivity contribution < 1.29 is 13.9 Å². The van der Waals surface area contributed by atoms with Gasteiger partial charge in [0.2, 0.25) is 0 Å². The summed E-state index contributed by atoms with van der Waals surface area (Å²) >= 11 is 4.61. The van der Waals surface area contributed by atoms with Crippen LogP contribution < -0.4 is 0 Å². The first kappa shape index (κ1) is 12.7. The van der Waals surface area contributed by atoms with E-state index in [-0.39, 0.29) is 5.56 Å². The molecule has 17 heavy (non-hydrogen) atoms. The van der Waals surface area contributed by atoms with E-state index in [1.807, 2.05) is 0 Å². The van der Waals surface area contributed by atoms with Crippen LogP contribution in [0.1, 0.15) is 17.9 Å². The molecule has 2 aromatic rings. The van der Waals surface area contributed by atoms with Gasteiger partial charge in [0.25, 0.3) is 0 Å². The largest absolute Gasteiger partial charge is 0.388 e. The lowest BCUT2D eigenvalue weighted by molar-refractivity contribution is 0.203. The van der Waals surface area contributed by atoms with Crippen molar-refractivity contribution in [3.05, 3.63) is 44.6 Å². The highest BCUT2D eigenvalue weighted by Gasteiger charge is 2.16. The third-order valence-electron chi connectivity index (χ3n) is 2.36. The number of aliphatic hydroxyl groups is 1. The monoisotopic (exact) mass is 318 g/mol. The highest BCUT2D eigenvalue weighted by atomic mass is 79.9. The summed E-state index contributed by atoms with van der Waals surface area (Å²) in [5, 5.41) is 9.45. The Balaban J connectivity index is 2.57. The lowest BCUT2D eigenvalue weighted by Gasteiger charge is -2.02. The molecular formula is C12H9BrF2OS. The minimum atomic E-state index is -0.876. The van der Waals surface area contributed by atoms with Crippen molar-refractivity contribution in [2.75, 3.05) is 0 Å². The van der Waals surface area contributed by atoms with Gasteiger partial charge in [0.05, 0.1) is 9.89 Å². The number of halogens is 3. The molecule has 2 rings (SSSR count). The van der Waals surface area contributed by atoms with Crippen molar-refractivity contribution in [1.82, 2.24) is 0 Å². The van der Waals surface area contributed by atoms with E-state index in [9.17, 15) is 13.9 Å². The van der Waals surface area contributed by atoms with E-state index in [4.69, 9.17) is 0 Å². The molecule has 1 nitrogen and oxygen atoms in total. The Kier molecular flexibility index (Phi) is 3.61. The smallest absolute Gasteiger partial charge is 0.166 e. The highest BCUT2D eigenvalue weighted by molar-refractivity contribution is 9.11. The van der Waals surface area contributed by atoms with E-state index < -0.39 is 17.7 Å². The minimum absolute atomic E-state index is 0.194. The fourth-order valence-corrected chi connectivity index (χ4v) is 3.21. The van der Waals surface area contributed by atoms with Gasteiger partial charge in [-0.3, -0.25) is 0 Å². The molecule has 0 spiro atoms. The molecule has 0 saturated heterocycles. The van der Waals surface area contributed by atoms with Gasteiger partial charge in [-0.25, -0.2) is 8.78 Å². The number of hydrogen-bond acceptors (Lipinski definition) is 2. The SMILES string of the molecule is CC(O)c1cc(-c2cccc(F)c2F)c(Br)s1. The molecule has 5 heteroatoms. The average Bonchev–Trinajstić information content (AvgIpc) is 2.65. The first-order valence-corrected chi connectivity index (χ1v) is 6.53. The second-order valence-corrected chi connectivity index (χ2v) is 6.02. The van der Waals surface area contributed by atoms with Crippen LogP contribution in [0.5, 0.6) is 0 Å². The van der Waals surface area contributed by atoms with Crippen molar-refractivity contribution in [3.8, 4) is 11.1 Å². The Morgan fingerprint density at radius 1 is 1.29 bits per heavy atom. The van der Waals surface area contributed by atoms with Crippen LogP contribution in [0, 0.1) is 11.6 Å². The molecule has 0 fully saturated rings. The van der Waals surface area contributed by atoms with E-state index in [0.29, 0.717) is 14.2 Å². The van der Waals surface area contributed by atoms with E-state index in [2.05, 4.69) is 15.9 Å². The van der Waals surface area contributed by atoms with Gasteiger partial charge < -0.3 is 5.11 Å². The summed E-state index contributed by atoms with van der Waals surface area (Å²) < 4.78 is 27.4. The molecule has 1 aromatic heterocycles. The number of benzene rings is 1. The Hall–Kier alpha value is -0.780. The summed E-state index contributed by atoms with van der Waals surface area (Å²) in [6.07, 6.45) is -0.623. The van der Waals surface area contributed by atoms with Gasteiger partial charge in [-0.1, -0.05) is 12.1 Å². The molecule has 0 amide bonds. The van der Waals surface area contributed by atoms with Gasteiger partial charge in [0.1, 0.15) is 0 Å². The molecule has 1 atom stereocenters. The second-order valence-electron chi connectivity index (χ2n) is 3.61. The Morgan fingerprint density at radius 2 is 2.00 bits per heavy atom. The summed E-state index contributed by atoms with van der Waals surface area (Å²) in [4.78, 5) is 0.704. The zero-order chi connectivity index (χ0) is 12.6. The second kappa shape index (κ2) is 4.84. The van der Waals surface area contributed by atoms with Crippen LogP contribution in [0.15, 0.2) is 28.1 Å². The first-order valence-electron chi connectivity index (χ1n) is 4.92. The van der Waals surface area contributed by atoms with Crippen LogP contribution in [0.3, 0.4) is 0 Å². The number of thiophene rings is 1. The first-order chi connectivity index (χ1) is 8.00. The van der Waals surface area contributed by atoms with Gasteiger partial charge in [-0.15, -0.1) is 11.3 Å². The minimum Gasteiger partial charge on any atom is -0.388 e. The van der Waals surface area contributed by atoms with Crippen LogP contribution in [0.4, 0.5) is 8.78 Å². The zero-order valence-corrected chi connectivity index (χ0v) is 11.3. The third-order valence-corrected chi connectivity index (χ3v) is 4.37. The van der Waals surface area contributed by atoms with Crippen LogP contribution >= 0.6 is 27.3 Å². The molecule has 0 radical (unpaired) electrons. The van der Waals surface area contributed by atoms with Crippen molar-refractivity contribution in [3.63, 3.8) is 0 Å². The van der Waals surface area contributed by atoms with E-state index in [1.165, 1.54) is 23.5 Å². The molecular weight excluding hydrogens is 310 g/mol. The predicted octanol–water partition coefficient (Wildman–Crippen LogP) is 4.51. The third kappa shape index (κ3) is 2.41. The standard InChI is InChI=1S/C12H9BrF2OS/c1-6(16)10-5-8(12(13)17-10)7-3-2-4-9(14)11(7)15/h2-6,16H,1H3. The summed E-state index contributed by atoms with van der Waals surface area (Å²) in [6.45, 7) is 1.63. The maximum absolute atomic E-state index is 13.6. The summed E-state index contributed by atoms with van der Waals surface area (Å²) in [7, 11) is 0. The molecule has 1 unspecified atom stereocenters. The van der Waals surface area contributed by atoms with Crippen LogP contribution in [-0.2, 0) is 0 Å². The van der Waals surface area contributed by atoms with Gasteiger partial charge in [-0.2, -0.15) is 0 Å². The quantitative estimate of drug-likeness (QED) is 0.863. The topological polar surface area (TPSA) is 20.2 Å². The Labute approximate surface area is 110 Å². The lowest BCUT2D eigenvalue weighted by Crippen LogP contribution is -1.88. The Morgan fingerprint density at radius 3 is 2.59 bits per heavy atom. The molecule has 90 valence electrons. The van der Waals surface area contributed by atoms with Crippen molar-refractivity contribution >= 4 is 27.3 Å². The molecule has 1 N–H and O–H groups in total. The van der Waals surface area contributed by atoms with E-state index in [1.54, 1.807) is 13.0 Å². The van der Waals surface area contributed by atoms with Gasteiger partial charge in [-0.05, 0) is 35.0 Å². The molecule has 0 bridgehead atoms. The van der Waals surface area contributed by atoms with Crippen LogP contribution in [0.2, 0.25) is 0 Å². The highest BCUT2D eigenvalue weighted by Crippen LogP contribution is 2.39. The van der Waals surface area contributed by atoms with E-state index in [0.717, 1.165) is 6.07 Å². The van der Waals surface area contributed by atoms with Crippen molar-refractivity contribution in [1.29, 1.82) is 0 Å². The number of aliphatic hydroxyl groups excluding tert-OH is 1. The molecule has 0 aliphatic carbocycles.